The zero-order valence-corrected chi connectivity index (χ0v) is 13.0. The molecule has 2 heterocycles. The van der Waals surface area contributed by atoms with Crippen LogP contribution in [0.2, 0.25) is 0 Å². The molecule has 25 heavy (non-hydrogen) atoms. The Morgan fingerprint density at radius 2 is 2.00 bits per heavy atom. The number of carbonyl (C=O) groups is 1. The average Bonchev–Trinajstić information content (AvgIpc) is 3.07. The Balaban J connectivity index is 1.60. The normalized spacial score (nSPS) is 15.8. The van der Waals surface area contributed by atoms with Gasteiger partial charge in [-0.05, 0) is 25.0 Å². The number of nitrogens with zero attached hydrogens (tertiary/aromatic N) is 3. The van der Waals surface area contributed by atoms with Crippen molar-refractivity contribution < 1.29 is 27.2 Å². The van der Waals surface area contributed by atoms with Crippen LogP contribution in [0.15, 0.2) is 22.9 Å². The highest BCUT2D eigenvalue weighted by Crippen LogP contribution is 2.29. The van der Waals surface area contributed by atoms with Gasteiger partial charge in [0.1, 0.15) is 5.69 Å². The van der Waals surface area contributed by atoms with Crippen molar-refractivity contribution in [3.63, 3.8) is 0 Å². The van der Waals surface area contributed by atoms with E-state index in [9.17, 15) is 18.0 Å². The van der Waals surface area contributed by atoms with Gasteiger partial charge >= 0.3 is 18.2 Å². The molecular formula is C15H15F3N4O3. The molecule has 0 saturated heterocycles. The number of nitrogens with one attached hydrogen (secondary N) is 1. The minimum atomic E-state index is -4.72. The van der Waals surface area contributed by atoms with Gasteiger partial charge in [-0.15, -0.1) is 0 Å². The fourth-order valence-corrected chi connectivity index (χ4v) is 2.57. The first-order valence-corrected chi connectivity index (χ1v) is 7.77. The van der Waals surface area contributed by atoms with Crippen LogP contribution in [-0.4, -0.2) is 27.3 Å². The molecule has 2 aromatic rings. The minimum Gasteiger partial charge on any atom is -0.409 e. The van der Waals surface area contributed by atoms with Crippen molar-refractivity contribution in [3.8, 4) is 17.3 Å². The number of halogens is 3. The average molecular weight is 356 g/mol. The van der Waals surface area contributed by atoms with Crippen LogP contribution < -0.4 is 10.1 Å². The van der Waals surface area contributed by atoms with E-state index in [2.05, 4.69) is 25.0 Å². The second-order valence-corrected chi connectivity index (χ2v) is 5.67. The highest BCUT2D eigenvalue weighted by Gasteiger charge is 2.38. The first-order valence-electron chi connectivity index (χ1n) is 7.77. The predicted octanol–water partition coefficient (Wildman–Crippen LogP) is 3.57. The Morgan fingerprint density at radius 1 is 1.24 bits per heavy atom. The van der Waals surface area contributed by atoms with E-state index in [1.807, 2.05) is 0 Å². The summed E-state index contributed by atoms with van der Waals surface area (Å²) in [7, 11) is 0. The van der Waals surface area contributed by atoms with Gasteiger partial charge in [-0.25, -0.2) is 9.78 Å². The molecule has 1 aliphatic carbocycles. The molecule has 1 aliphatic rings. The van der Waals surface area contributed by atoms with Crippen LogP contribution in [0.3, 0.4) is 0 Å². The van der Waals surface area contributed by atoms with Gasteiger partial charge in [0.15, 0.2) is 5.75 Å². The quantitative estimate of drug-likeness (QED) is 0.904. The molecule has 3 rings (SSSR count). The standard InChI is InChI=1S/C15H15F3N4O3/c16-15(17,18)13-21-12(22-25-13)11-7-6-10(8-19-11)24-14(23)20-9-4-2-1-3-5-9/h6-9H,1-5H2,(H,20,23). The first-order chi connectivity index (χ1) is 11.9. The van der Waals surface area contributed by atoms with E-state index in [0.29, 0.717) is 0 Å². The zero-order chi connectivity index (χ0) is 17.9. The van der Waals surface area contributed by atoms with Crippen LogP contribution >= 0.6 is 0 Å². The van der Waals surface area contributed by atoms with E-state index in [-0.39, 0.29) is 23.3 Å². The first kappa shape index (κ1) is 17.2. The van der Waals surface area contributed by atoms with Crippen molar-refractivity contribution in [3.05, 3.63) is 24.2 Å². The predicted molar refractivity (Wildman–Crippen MR) is 78.6 cm³/mol. The minimum absolute atomic E-state index is 0.0688. The number of hydrogen-bond donors (Lipinski definition) is 1. The van der Waals surface area contributed by atoms with Crippen LogP contribution in [0.5, 0.6) is 5.75 Å². The maximum atomic E-state index is 12.4. The summed E-state index contributed by atoms with van der Waals surface area (Å²) in [6, 6.07) is 2.84. The van der Waals surface area contributed by atoms with E-state index in [0.717, 1.165) is 25.7 Å². The van der Waals surface area contributed by atoms with E-state index >= 15 is 0 Å². The molecule has 0 bridgehead atoms. The van der Waals surface area contributed by atoms with Gasteiger partial charge < -0.3 is 14.6 Å². The molecule has 0 unspecified atom stereocenters. The topological polar surface area (TPSA) is 90.1 Å². The summed E-state index contributed by atoms with van der Waals surface area (Å²) >= 11 is 0. The third kappa shape index (κ3) is 4.46. The maximum Gasteiger partial charge on any atom is 0.471 e. The molecule has 0 spiro atoms. The molecule has 7 nitrogen and oxygen atoms in total. The summed E-state index contributed by atoms with van der Waals surface area (Å²) < 4.78 is 46.6. The van der Waals surface area contributed by atoms with Crippen molar-refractivity contribution in [2.75, 3.05) is 0 Å². The fraction of sp³-hybridized carbons (Fsp3) is 0.467. The fourth-order valence-electron chi connectivity index (χ4n) is 2.57. The van der Waals surface area contributed by atoms with Crippen molar-refractivity contribution in [1.82, 2.24) is 20.4 Å². The molecule has 2 aromatic heterocycles. The third-order valence-electron chi connectivity index (χ3n) is 3.77. The second kappa shape index (κ2) is 7.08. The van der Waals surface area contributed by atoms with E-state index in [4.69, 9.17) is 4.74 Å². The van der Waals surface area contributed by atoms with Crippen molar-refractivity contribution >= 4 is 6.09 Å². The summed E-state index contributed by atoms with van der Waals surface area (Å²) in [5.41, 5.74) is 0.0688. The van der Waals surface area contributed by atoms with Gasteiger partial charge in [0, 0.05) is 6.04 Å². The van der Waals surface area contributed by atoms with Gasteiger partial charge in [-0.3, -0.25) is 0 Å². The number of carbonyl (C=O) groups excluding carboxylic acids is 1. The lowest BCUT2D eigenvalue weighted by Gasteiger charge is -2.22. The molecule has 1 fully saturated rings. The number of aromatic nitrogens is 3. The van der Waals surface area contributed by atoms with Gasteiger partial charge in [0.05, 0.1) is 6.20 Å². The number of rotatable bonds is 3. The largest absolute Gasteiger partial charge is 0.471 e. The van der Waals surface area contributed by atoms with Crippen LogP contribution in [-0.2, 0) is 6.18 Å². The monoisotopic (exact) mass is 356 g/mol. The molecule has 0 radical (unpaired) electrons. The summed E-state index contributed by atoms with van der Waals surface area (Å²) in [6.07, 6.45) is 1.07. The highest BCUT2D eigenvalue weighted by atomic mass is 19.4. The Labute approximate surface area is 140 Å². The summed E-state index contributed by atoms with van der Waals surface area (Å²) in [5, 5.41) is 6.01. The molecular weight excluding hydrogens is 341 g/mol. The number of hydrogen-bond acceptors (Lipinski definition) is 6. The Bertz CT molecular complexity index is 724. The summed E-state index contributed by atoms with van der Waals surface area (Å²) in [4.78, 5) is 18.9. The third-order valence-corrected chi connectivity index (χ3v) is 3.77. The van der Waals surface area contributed by atoms with Crippen molar-refractivity contribution in [1.29, 1.82) is 0 Å². The lowest BCUT2D eigenvalue weighted by atomic mass is 9.96. The number of amides is 1. The summed E-state index contributed by atoms with van der Waals surface area (Å²) in [6.45, 7) is 0. The SMILES string of the molecule is O=C(NC1CCCCC1)Oc1ccc(-c2noc(C(F)(F)F)n2)nc1. The number of ether oxygens (including phenoxy) is 1. The summed E-state index contributed by atoms with van der Waals surface area (Å²) in [5.74, 6) is -1.58. The van der Waals surface area contributed by atoms with Gasteiger partial charge in [0.2, 0.25) is 5.82 Å². The zero-order valence-electron chi connectivity index (χ0n) is 13.0. The molecule has 0 atom stereocenters. The van der Waals surface area contributed by atoms with E-state index < -0.39 is 18.2 Å². The van der Waals surface area contributed by atoms with Gasteiger partial charge in [-0.1, -0.05) is 24.4 Å². The number of pyridine rings is 1. The van der Waals surface area contributed by atoms with Crippen molar-refractivity contribution in [2.45, 2.75) is 44.3 Å². The molecule has 0 aliphatic heterocycles. The lowest BCUT2D eigenvalue weighted by molar-refractivity contribution is -0.159. The molecule has 1 amide bonds. The molecule has 10 heteroatoms. The van der Waals surface area contributed by atoms with Crippen LogP contribution in [0, 0.1) is 0 Å². The Morgan fingerprint density at radius 3 is 2.60 bits per heavy atom. The van der Waals surface area contributed by atoms with Crippen LogP contribution in [0.25, 0.3) is 11.5 Å². The van der Waals surface area contributed by atoms with E-state index in [1.54, 1.807) is 0 Å². The molecule has 1 saturated carbocycles. The Kier molecular flexibility index (Phi) is 4.86. The molecule has 1 N–H and O–H groups in total. The lowest BCUT2D eigenvalue weighted by Crippen LogP contribution is -2.38. The molecule has 134 valence electrons. The molecule has 0 aromatic carbocycles. The van der Waals surface area contributed by atoms with Crippen molar-refractivity contribution in [2.24, 2.45) is 0 Å². The van der Waals surface area contributed by atoms with E-state index in [1.165, 1.54) is 24.8 Å². The van der Waals surface area contributed by atoms with Crippen LogP contribution in [0.4, 0.5) is 18.0 Å². The van der Waals surface area contributed by atoms with Gasteiger partial charge in [0.25, 0.3) is 0 Å². The maximum absolute atomic E-state index is 12.4. The Hall–Kier alpha value is -2.65. The van der Waals surface area contributed by atoms with Gasteiger partial charge in [-0.2, -0.15) is 18.2 Å². The second-order valence-electron chi connectivity index (χ2n) is 5.67. The smallest absolute Gasteiger partial charge is 0.409 e. The number of alkyl halides is 3. The highest BCUT2D eigenvalue weighted by molar-refractivity contribution is 5.70. The van der Waals surface area contributed by atoms with Crippen LogP contribution in [0.1, 0.15) is 38.0 Å².